The second-order valence-electron chi connectivity index (χ2n) is 7.56. The lowest BCUT2D eigenvalue weighted by Gasteiger charge is -2.22. The van der Waals surface area contributed by atoms with Gasteiger partial charge in [-0.2, -0.15) is 0 Å². The number of hydrogen-bond acceptors (Lipinski definition) is 6. The number of carbonyl (C=O) groups excluding carboxylic acids is 1. The van der Waals surface area contributed by atoms with Gasteiger partial charge in [0.2, 0.25) is 10.0 Å². The van der Waals surface area contributed by atoms with E-state index in [0.29, 0.717) is 17.0 Å². The molecule has 0 radical (unpaired) electrons. The molecule has 1 aliphatic rings. The number of nitrogens with zero attached hydrogens (tertiary/aromatic N) is 3. The number of benzene rings is 2. The van der Waals surface area contributed by atoms with Crippen molar-refractivity contribution in [2.75, 3.05) is 37.4 Å². The van der Waals surface area contributed by atoms with Gasteiger partial charge in [-0.3, -0.25) is 4.79 Å². The summed E-state index contributed by atoms with van der Waals surface area (Å²) in [7, 11) is -0.726. The SMILES string of the molecule is CN(C)S(=O)(=O)c1ccc(N2CCCC2)c(C(=O)Nc2cccc(-c3cnco3)c2)c1. The van der Waals surface area contributed by atoms with E-state index in [2.05, 4.69) is 15.2 Å². The molecule has 0 saturated carbocycles. The molecule has 0 bridgehead atoms. The normalized spacial score (nSPS) is 14.2. The lowest BCUT2D eigenvalue weighted by molar-refractivity contribution is 0.102. The quantitative estimate of drug-likeness (QED) is 0.631. The zero-order chi connectivity index (χ0) is 22.0. The van der Waals surface area contributed by atoms with Crippen LogP contribution in [0, 0.1) is 0 Å². The van der Waals surface area contributed by atoms with Crippen LogP contribution < -0.4 is 10.2 Å². The summed E-state index contributed by atoms with van der Waals surface area (Å²) in [5.41, 5.74) is 2.42. The third-order valence-corrected chi connectivity index (χ3v) is 7.09. The molecule has 3 aromatic rings. The molecular weight excluding hydrogens is 416 g/mol. The van der Waals surface area contributed by atoms with Gasteiger partial charge in [0.05, 0.1) is 16.7 Å². The van der Waals surface area contributed by atoms with E-state index in [0.717, 1.165) is 41.5 Å². The van der Waals surface area contributed by atoms with Gasteiger partial charge in [0.1, 0.15) is 0 Å². The van der Waals surface area contributed by atoms with Crippen LogP contribution in [0.2, 0.25) is 0 Å². The molecule has 1 fully saturated rings. The van der Waals surface area contributed by atoms with Crippen LogP contribution >= 0.6 is 0 Å². The van der Waals surface area contributed by atoms with Crippen molar-refractivity contribution in [2.45, 2.75) is 17.7 Å². The fourth-order valence-corrected chi connectivity index (χ4v) is 4.54. The molecule has 9 heteroatoms. The molecule has 31 heavy (non-hydrogen) atoms. The number of amides is 1. The highest BCUT2D eigenvalue weighted by molar-refractivity contribution is 7.89. The Kier molecular flexibility index (Phi) is 5.79. The molecule has 1 amide bonds. The number of rotatable bonds is 6. The van der Waals surface area contributed by atoms with Crippen molar-refractivity contribution in [3.8, 4) is 11.3 Å². The van der Waals surface area contributed by atoms with Crippen LogP contribution in [-0.2, 0) is 10.0 Å². The summed E-state index contributed by atoms with van der Waals surface area (Å²) >= 11 is 0. The van der Waals surface area contributed by atoms with Crippen LogP contribution in [0.3, 0.4) is 0 Å². The lowest BCUT2D eigenvalue weighted by atomic mass is 10.1. The summed E-state index contributed by atoms with van der Waals surface area (Å²) in [5.74, 6) is 0.223. The van der Waals surface area contributed by atoms with Gasteiger partial charge in [-0.1, -0.05) is 12.1 Å². The summed E-state index contributed by atoms with van der Waals surface area (Å²) in [5, 5.41) is 2.90. The number of anilines is 2. The van der Waals surface area contributed by atoms with Crippen molar-refractivity contribution < 1.29 is 17.6 Å². The van der Waals surface area contributed by atoms with Gasteiger partial charge in [0.25, 0.3) is 5.91 Å². The molecule has 1 aromatic heterocycles. The molecule has 0 aliphatic carbocycles. The van der Waals surface area contributed by atoms with E-state index in [-0.39, 0.29) is 10.8 Å². The van der Waals surface area contributed by atoms with Crippen molar-refractivity contribution in [3.05, 3.63) is 60.6 Å². The standard InChI is InChI=1S/C22H24N4O4S/c1-25(2)31(28,29)18-8-9-20(26-10-3-4-11-26)19(13-18)22(27)24-17-7-5-6-16(12-17)21-14-23-15-30-21/h5-9,12-15H,3-4,10-11H2,1-2H3,(H,24,27). The van der Waals surface area contributed by atoms with Crippen molar-refractivity contribution in [2.24, 2.45) is 0 Å². The first-order chi connectivity index (χ1) is 14.9. The highest BCUT2D eigenvalue weighted by Gasteiger charge is 2.24. The van der Waals surface area contributed by atoms with E-state index in [9.17, 15) is 13.2 Å². The Morgan fingerprint density at radius 3 is 2.58 bits per heavy atom. The van der Waals surface area contributed by atoms with Crippen LogP contribution in [-0.4, -0.2) is 50.8 Å². The van der Waals surface area contributed by atoms with E-state index in [4.69, 9.17) is 4.42 Å². The molecule has 1 aliphatic heterocycles. The van der Waals surface area contributed by atoms with Gasteiger partial charge in [-0.05, 0) is 43.2 Å². The third kappa shape index (κ3) is 4.33. The molecule has 0 spiro atoms. The van der Waals surface area contributed by atoms with Crippen LogP contribution in [0.15, 0.2) is 64.4 Å². The first kappa shape index (κ1) is 21.1. The number of oxazole rings is 1. The summed E-state index contributed by atoms with van der Waals surface area (Å²) in [4.78, 5) is 19.4. The predicted octanol–water partition coefficient (Wildman–Crippen LogP) is 3.44. The van der Waals surface area contributed by atoms with E-state index in [1.807, 2.05) is 12.1 Å². The zero-order valence-electron chi connectivity index (χ0n) is 17.4. The molecule has 4 rings (SSSR count). The van der Waals surface area contributed by atoms with Crippen molar-refractivity contribution in [1.82, 2.24) is 9.29 Å². The maximum absolute atomic E-state index is 13.3. The molecule has 162 valence electrons. The smallest absolute Gasteiger partial charge is 0.257 e. The average molecular weight is 441 g/mol. The van der Waals surface area contributed by atoms with Gasteiger partial charge in [0, 0.05) is 44.1 Å². The zero-order valence-corrected chi connectivity index (χ0v) is 18.2. The minimum atomic E-state index is -3.67. The molecule has 0 atom stereocenters. The second-order valence-corrected chi connectivity index (χ2v) is 9.71. The minimum absolute atomic E-state index is 0.0843. The van der Waals surface area contributed by atoms with Crippen LogP contribution in [0.5, 0.6) is 0 Å². The van der Waals surface area contributed by atoms with E-state index in [1.54, 1.807) is 30.5 Å². The largest absolute Gasteiger partial charge is 0.444 e. The van der Waals surface area contributed by atoms with Gasteiger partial charge >= 0.3 is 0 Å². The molecule has 1 N–H and O–H groups in total. The van der Waals surface area contributed by atoms with Gasteiger partial charge in [-0.15, -0.1) is 0 Å². The Morgan fingerprint density at radius 2 is 1.90 bits per heavy atom. The van der Waals surface area contributed by atoms with E-state index in [1.165, 1.54) is 26.6 Å². The summed E-state index contributed by atoms with van der Waals surface area (Å²) in [6.07, 6.45) is 5.03. The molecule has 2 heterocycles. The first-order valence-corrected chi connectivity index (χ1v) is 11.4. The predicted molar refractivity (Wildman–Crippen MR) is 119 cm³/mol. The number of sulfonamides is 1. The van der Waals surface area contributed by atoms with Gasteiger partial charge < -0.3 is 14.6 Å². The first-order valence-electron chi connectivity index (χ1n) is 9.98. The number of nitrogens with one attached hydrogen (secondary N) is 1. The van der Waals surface area contributed by atoms with Crippen LogP contribution in [0.1, 0.15) is 23.2 Å². The van der Waals surface area contributed by atoms with E-state index >= 15 is 0 Å². The highest BCUT2D eigenvalue weighted by atomic mass is 32.2. The maximum atomic E-state index is 13.3. The maximum Gasteiger partial charge on any atom is 0.257 e. The Labute approximate surface area is 181 Å². The van der Waals surface area contributed by atoms with E-state index < -0.39 is 10.0 Å². The number of carbonyl (C=O) groups is 1. The summed E-state index contributed by atoms with van der Waals surface area (Å²) in [6.45, 7) is 1.67. The fraction of sp³-hybridized carbons (Fsp3) is 0.273. The topological polar surface area (TPSA) is 95.8 Å². The van der Waals surface area contributed by atoms with Crippen molar-refractivity contribution >= 4 is 27.3 Å². The third-order valence-electron chi connectivity index (χ3n) is 5.28. The number of hydrogen-bond donors (Lipinski definition) is 1. The Morgan fingerprint density at radius 1 is 1.13 bits per heavy atom. The highest BCUT2D eigenvalue weighted by Crippen LogP contribution is 2.29. The fourth-order valence-electron chi connectivity index (χ4n) is 3.61. The average Bonchev–Trinajstić information content (AvgIpc) is 3.47. The van der Waals surface area contributed by atoms with Crippen molar-refractivity contribution in [3.63, 3.8) is 0 Å². The Balaban J connectivity index is 1.69. The minimum Gasteiger partial charge on any atom is -0.444 e. The summed E-state index contributed by atoms with van der Waals surface area (Å²) < 4.78 is 31.7. The van der Waals surface area contributed by atoms with Crippen LogP contribution in [0.4, 0.5) is 11.4 Å². The van der Waals surface area contributed by atoms with Gasteiger partial charge in [0.15, 0.2) is 12.2 Å². The van der Waals surface area contributed by atoms with Crippen LogP contribution in [0.25, 0.3) is 11.3 Å². The Hall–Kier alpha value is -3.17. The lowest BCUT2D eigenvalue weighted by Crippen LogP contribution is -2.25. The molecule has 8 nitrogen and oxygen atoms in total. The second kappa shape index (κ2) is 8.52. The molecular formula is C22H24N4O4S. The number of aromatic nitrogens is 1. The summed E-state index contributed by atoms with van der Waals surface area (Å²) in [6, 6.07) is 12.0. The molecule has 1 saturated heterocycles. The Bertz CT molecular complexity index is 1180. The molecule has 0 unspecified atom stereocenters. The monoisotopic (exact) mass is 440 g/mol. The van der Waals surface area contributed by atoms with Gasteiger partial charge in [-0.25, -0.2) is 17.7 Å². The van der Waals surface area contributed by atoms with Crippen molar-refractivity contribution in [1.29, 1.82) is 0 Å². The molecule has 2 aromatic carbocycles.